The van der Waals surface area contributed by atoms with E-state index in [0.717, 1.165) is 0 Å². The van der Waals surface area contributed by atoms with Gasteiger partial charge >= 0.3 is 26.2 Å². The van der Waals surface area contributed by atoms with Crippen molar-refractivity contribution in [3.05, 3.63) is 152 Å². The Morgan fingerprint density at radius 2 is 1.31 bits per heavy atom. The van der Waals surface area contributed by atoms with Crippen molar-refractivity contribution in [2.45, 2.75) is 13.8 Å². The first-order chi connectivity index (χ1) is 17.2. The van der Waals surface area contributed by atoms with E-state index in [1.54, 1.807) is 16.8 Å². The Morgan fingerprint density at radius 3 is 1.94 bits per heavy atom. The van der Waals surface area contributed by atoms with Crippen LogP contribution in [0.2, 0.25) is 0 Å². The summed E-state index contributed by atoms with van der Waals surface area (Å²) >= 11 is 0. The van der Waals surface area contributed by atoms with Gasteiger partial charge in [0.1, 0.15) is 0 Å². The number of hydrogen-bond acceptors (Lipinski definition) is 0. The summed E-state index contributed by atoms with van der Waals surface area (Å²) in [6, 6.07) is 46.3. The van der Waals surface area contributed by atoms with Crippen LogP contribution in [0.25, 0.3) is 32.7 Å². The fraction of sp³-hybridized carbons (Fsp3) is 0.0588. The van der Waals surface area contributed by atoms with E-state index in [2.05, 4.69) is 123 Å². The topological polar surface area (TPSA) is 0 Å². The van der Waals surface area contributed by atoms with Crippen LogP contribution in [0.3, 0.4) is 0 Å². The standard InChI is InChI=1S/C15H11.C10H9.C7H7Si.C2H5.Zr/c1-2-6-12(7-3-1)14-10-4-8-13-9-5-11-15(13)14;1-8-6-9-4-2-3-5-10(9)7-8;8-6-7-4-2-1-3-5-7;1-2;/h1-11H;2-7H,1H3;1-5H,8H2;1H2,2H3;/q4*-1;+4. The van der Waals surface area contributed by atoms with Gasteiger partial charge < -0.3 is 6.92 Å². The van der Waals surface area contributed by atoms with Gasteiger partial charge in [0.15, 0.2) is 0 Å². The summed E-state index contributed by atoms with van der Waals surface area (Å²) < 4.78 is 0. The van der Waals surface area contributed by atoms with Crippen LogP contribution in [-0.2, 0) is 26.2 Å². The van der Waals surface area contributed by atoms with Crippen LogP contribution in [0, 0.1) is 13.8 Å². The van der Waals surface area contributed by atoms with E-state index >= 15 is 0 Å². The fourth-order valence-corrected chi connectivity index (χ4v) is 4.13. The summed E-state index contributed by atoms with van der Waals surface area (Å²) in [4.78, 5) is 0. The summed E-state index contributed by atoms with van der Waals surface area (Å²) in [5, 5.41) is 5.35. The third-order valence-corrected chi connectivity index (χ3v) is 5.91. The molecular weight excluding hydrogens is 528 g/mol. The SMILES string of the molecule is Cc1cc2ccccc2[cH-]1.[CH2-]C.[SiH2]=[C-]c1ccccc1.[Zr+4].c1ccc(-c2cccc3[cH-]ccc23)cc1. The van der Waals surface area contributed by atoms with E-state index in [1.165, 1.54) is 43.8 Å². The quantitative estimate of drug-likeness (QED) is 0.148. The summed E-state index contributed by atoms with van der Waals surface area (Å²) in [5.41, 5.74) is 8.18. The number of benzene rings is 4. The molecule has 36 heavy (non-hydrogen) atoms. The van der Waals surface area contributed by atoms with Gasteiger partial charge in [0.25, 0.3) is 0 Å². The van der Waals surface area contributed by atoms with Crippen LogP contribution >= 0.6 is 0 Å². The molecule has 176 valence electrons. The predicted octanol–water partition coefficient (Wildman–Crippen LogP) is 8.28. The summed E-state index contributed by atoms with van der Waals surface area (Å²) in [6.07, 6.45) is 0. The van der Waals surface area contributed by atoms with Crippen molar-refractivity contribution in [1.82, 2.24) is 0 Å². The van der Waals surface area contributed by atoms with Crippen LogP contribution in [-0.4, -0.2) is 15.5 Å². The molecule has 0 spiro atoms. The Kier molecular flexibility index (Phi) is 13.0. The van der Waals surface area contributed by atoms with Gasteiger partial charge in [-0.05, 0) is 5.56 Å². The monoisotopic (exact) mass is 558 g/mol. The first-order valence-corrected chi connectivity index (χ1v) is 12.6. The molecule has 0 saturated heterocycles. The molecule has 0 aromatic heterocycles. The van der Waals surface area contributed by atoms with E-state index in [0.29, 0.717) is 0 Å². The predicted molar refractivity (Wildman–Crippen MR) is 159 cm³/mol. The first-order valence-electron chi connectivity index (χ1n) is 11.9. The molecule has 0 radical (unpaired) electrons. The van der Waals surface area contributed by atoms with E-state index in [4.69, 9.17) is 0 Å². The zero-order valence-electron chi connectivity index (χ0n) is 21.1. The molecule has 0 atom stereocenters. The molecule has 0 amide bonds. The minimum absolute atomic E-state index is 0. The Hall–Kier alpha value is -2.93. The molecule has 6 rings (SSSR count). The average molecular weight is 560 g/mol. The van der Waals surface area contributed by atoms with Gasteiger partial charge in [0, 0.05) is 0 Å². The van der Waals surface area contributed by atoms with Crippen molar-refractivity contribution >= 4 is 37.1 Å². The molecule has 6 aromatic carbocycles. The third kappa shape index (κ3) is 8.33. The largest absolute Gasteiger partial charge is 4.00 e. The second kappa shape index (κ2) is 15.9. The normalized spacial score (nSPS) is 9.42. The number of aryl methyl sites for hydroxylation is 1. The van der Waals surface area contributed by atoms with Crippen molar-refractivity contribution in [1.29, 1.82) is 0 Å². The van der Waals surface area contributed by atoms with Gasteiger partial charge in [-0.2, -0.15) is 48.5 Å². The van der Waals surface area contributed by atoms with E-state index in [-0.39, 0.29) is 26.2 Å². The molecule has 0 aliphatic rings. The zero-order valence-corrected chi connectivity index (χ0v) is 25.0. The van der Waals surface area contributed by atoms with Crippen LogP contribution < -0.4 is 0 Å². The second-order valence-corrected chi connectivity index (χ2v) is 8.26. The maximum atomic E-state index is 3.25. The molecule has 0 aliphatic heterocycles. The summed E-state index contributed by atoms with van der Waals surface area (Å²) in [7, 11) is 1.73. The fourth-order valence-electron chi connectivity index (χ4n) is 3.89. The molecule has 6 aromatic rings. The molecule has 0 nitrogen and oxygen atoms in total. The molecular formula is C34H32SiZr. The second-order valence-electron chi connectivity index (χ2n) is 7.90. The molecule has 0 N–H and O–H groups in total. The van der Waals surface area contributed by atoms with Gasteiger partial charge in [-0.25, -0.2) is 0 Å². The minimum atomic E-state index is 0. The summed E-state index contributed by atoms with van der Waals surface area (Å²) in [5.74, 6) is 0. The van der Waals surface area contributed by atoms with Crippen LogP contribution in [0.5, 0.6) is 0 Å². The Morgan fingerprint density at radius 1 is 0.694 bits per heavy atom. The van der Waals surface area contributed by atoms with Gasteiger partial charge in [-0.15, -0.1) is 81.7 Å². The van der Waals surface area contributed by atoms with E-state index in [9.17, 15) is 0 Å². The van der Waals surface area contributed by atoms with Crippen molar-refractivity contribution in [2.75, 3.05) is 0 Å². The Labute approximate surface area is 238 Å². The summed E-state index contributed by atoms with van der Waals surface area (Å²) in [6.45, 7) is 7.12. The molecule has 0 heterocycles. The van der Waals surface area contributed by atoms with Crippen LogP contribution in [0.1, 0.15) is 18.1 Å². The van der Waals surface area contributed by atoms with E-state index in [1.807, 2.05) is 30.3 Å². The van der Waals surface area contributed by atoms with Crippen molar-refractivity contribution < 1.29 is 26.2 Å². The average Bonchev–Trinajstić information content (AvgIpc) is 3.57. The molecule has 2 heteroatoms. The van der Waals surface area contributed by atoms with Crippen LogP contribution in [0.15, 0.2) is 133 Å². The van der Waals surface area contributed by atoms with Gasteiger partial charge in [0.05, 0.1) is 0 Å². The van der Waals surface area contributed by atoms with Gasteiger partial charge in [-0.1, -0.05) is 70.9 Å². The molecule has 0 unspecified atom stereocenters. The molecule has 0 saturated carbocycles. The minimum Gasteiger partial charge on any atom is -0.346 e. The molecule has 0 aliphatic carbocycles. The molecule has 0 fully saturated rings. The molecule has 0 bridgehead atoms. The first kappa shape index (κ1) is 29.3. The van der Waals surface area contributed by atoms with Crippen LogP contribution in [0.4, 0.5) is 0 Å². The Balaban J connectivity index is 0.000000191. The van der Waals surface area contributed by atoms with Crippen molar-refractivity contribution in [3.8, 4) is 11.1 Å². The van der Waals surface area contributed by atoms with E-state index < -0.39 is 0 Å². The van der Waals surface area contributed by atoms with Crippen molar-refractivity contribution in [2.24, 2.45) is 0 Å². The smallest absolute Gasteiger partial charge is 0.346 e. The third-order valence-electron chi connectivity index (χ3n) is 5.50. The van der Waals surface area contributed by atoms with Gasteiger partial charge in [0.2, 0.25) is 0 Å². The zero-order chi connectivity index (χ0) is 24.9. The number of fused-ring (bicyclic) bond motifs is 2. The maximum Gasteiger partial charge on any atom is 4.00 e. The number of rotatable bonds is 2. The van der Waals surface area contributed by atoms with Gasteiger partial charge in [-0.3, -0.25) is 0 Å². The maximum absolute atomic E-state index is 3.25. The number of hydrogen-bond donors (Lipinski definition) is 0. The van der Waals surface area contributed by atoms with Crippen molar-refractivity contribution in [3.63, 3.8) is 0 Å². The Bertz CT molecular complexity index is 1390.